The second-order valence-electron chi connectivity index (χ2n) is 10.7. The van der Waals surface area contributed by atoms with Crippen LogP contribution in [0.1, 0.15) is 56.7 Å². The summed E-state index contributed by atoms with van der Waals surface area (Å²) >= 11 is 1.51. The van der Waals surface area contributed by atoms with Gasteiger partial charge in [-0.1, -0.05) is 56.8 Å². The summed E-state index contributed by atoms with van der Waals surface area (Å²) in [7, 11) is 0. The molecule has 8 nitrogen and oxygen atoms in total. The first-order valence-electron chi connectivity index (χ1n) is 14.5. The van der Waals surface area contributed by atoms with Crippen LogP contribution in [0.25, 0.3) is 17.1 Å². The third-order valence-corrected chi connectivity index (χ3v) is 8.25. The van der Waals surface area contributed by atoms with Crippen LogP contribution < -0.4 is 15.0 Å². The molecule has 4 aromatic rings. The minimum Gasteiger partial charge on any atom is -0.406 e. The summed E-state index contributed by atoms with van der Waals surface area (Å²) in [5, 5.41) is 8.04. The van der Waals surface area contributed by atoms with Crippen molar-refractivity contribution >= 4 is 28.6 Å². The monoisotopic (exact) mass is 640 g/mol. The average Bonchev–Trinajstić information content (AvgIpc) is 3.50. The van der Waals surface area contributed by atoms with Gasteiger partial charge in [0, 0.05) is 23.5 Å². The molecule has 1 atom stereocenters. The van der Waals surface area contributed by atoms with Crippen LogP contribution in [0.4, 0.5) is 28.0 Å². The fourth-order valence-corrected chi connectivity index (χ4v) is 5.93. The van der Waals surface area contributed by atoms with E-state index >= 15 is 0 Å². The van der Waals surface area contributed by atoms with E-state index in [9.17, 15) is 22.4 Å². The fraction of sp³-hybridized carbons (Fsp3) is 0.312. The highest BCUT2D eigenvalue weighted by Gasteiger charge is 2.31. The number of thioether (sulfide) groups is 1. The molecule has 1 saturated heterocycles. The van der Waals surface area contributed by atoms with Crippen LogP contribution in [0.15, 0.2) is 78.0 Å². The Hall–Kier alpha value is -4.39. The summed E-state index contributed by atoms with van der Waals surface area (Å²) < 4.78 is 56.7. The largest absolute Gasteiger partial charge is 0.573 e. The highest BCUT2D eigenvalue weighted by atomic mass is 32.2. The predicted octanol–water partition coefficient (Wildman–Crippen LogP) is 8.26. The summed E-state index contributed by atoms with van der Waals surface area (Å²) in [4.78, 5) is 23.9. The van der Waals surface area contributed by atoms with Crippen LogP contribution in [-0.2, 0) is 0 Å². The van der Waals surface area contributed by atoms with Gasteiger partial charge in [-0.2, -0.15) is 4.99 Å². The number of aliphatic imine (C=N–C) groups is 1. The van der Waals surface area contributed by atoms with E-state index < -0.39 is 12.4 Å². The van der Waals surface area contributed by atoms with E-state index in [-0.39, 0.29) is 23.5 Å². The highest BCUT2D eigenvalue weighted by Crippen LogP contribution is 2.33. The summed E-state index contributed by atoms with van der Waals surface area (Å²) in [6.07, 6.45) is -1.75. The summed E-state index contributed by atoms with van der Waals surface area (Å²) in [5.41, 5.74) is 3.85. The van der Waals surface area contributed by atoms with Gasteiger partial charge >= 0.3 is 12.4 Å². The number of alkyl halides is 3. The molecule has 3 aromatic carbocycles. The molecule has 1 aromatic heterocycles. The van der Waals surface area contributed by atoms with E-state index in [2.05, 4.69) is 25.1 Å². The number of amides is 2. The number of nitrogens with one attached hydrogen (secondary N) is 1. The normalized spacial score (nSPS) is 15.4. The molecule has 1 aliphatic heterocycles. The minimum atomic E-state index is -4.76. The van der Waals surface area contributed by atoms with E-state index in [1.165, 1.54) is 53.1 Å². The Morgan fingerprint density at radius 1 is 1.09 bits per heavy atom. The lowest BCUT2D eigenvalue weighted by Crippen LogP contribution is -2.37. The zero-order valence-electron chi connectivity index (χ0n) is 24.9. The number of hydrogen-bond donors (Lipinski definition) is 1. The SMILES string of the molecule is CCC(NC(=O)N=C1SCCCN1c1ccc(F)cc1C(C)C)c1ccc(-c2ncn(-c3ccc(OC(F)(F)F)cc3)n2)cc1. The Kier molecular flexibility index (Phi) is 9.76. The molecule has 1 N–H and O–H groups in total. The number of hydrogen-bond acceptors (Lipinski definition) is 5. The van der Waals surface area contributed by atoms with Gasteiger partial charge in [-0.3, -0.25) is 0 Å². The molecule has 1 unspecified atom stereocenters. The third kappa shape index (κ3) is 8.01. The number of amidine groups is 1. The molecule has 1 aliphatic rings. The van der Waals surface area contributed by atoms with Crippen molar-refractivity contribution < 1.29 is 27.1 Å². The number of ether oxygens (including phenoxy) is 1. The van der Waals surface area contributed by atoms with Gasteiger partial charge in [0.25, 0.3) is 0 Å². The minimum absolute atomic E-state index is 0.0994. The van der Waals surface area contributed by atoms with Crippen molar-refractivity contribution in [2.75, 3.05) is 17.2 Å². The van der Waals surface area contributed by atoms with Crippen molar-refractivity contribution in [2.45, 2.75) is 51.9 Å². The van der Waals surface area contributed by atoms with Crippen LogP contribution in [0.3, 0.4) is 0 Å². The van der Waals surface area contributed by atoms with Crippen molar-refractivity contribution in [1.29, 1.82) is 0 Å². The smallest absolute Gasteiger partial charge is 0.406 e. The van der Waals surface area contributed by atoms with E-state index in [4.69, 9.17) is 0 Å². The second kappa shape index (κ2) is 13.7. The molecule has 5 rings (SSSR count). The molecule has 0 spiro atoms. The first-order chi connectivity index (χ1) is 21.5. The van der Waals surface area contributed by atoms with Gasteiger partial charge in [-0.15, -0.1) is 18.3 Å². The van der Waals surface area contributed by atoms with Gasteiger partial charge in [0.2, 0.25) is 0 Å². The number of anilines is 1. The Bertz CT molecular complexity index is 1660. The topological polar surface area (TPSA) is 84.6 Å². The molecular formula is C32H32F4N6O2S. The Morgan fingerprint density at radius 2 is 1.82 bits per heavy atom. The van der Waals surface area contributed by atoms with Gasteiger partial charge < -0.3 is 15.0 Å². The number of carbonyl (C=O) groups is 1. The molecule has 1 fully saturated rings. The molecule has 2 amide bonds. The average molecular weight is 641 g/mol. The van der Waals surface area contributed by atoms with E-state index in [0.29, 0.717) is 29.6 Å². The molecule has 0 bridgehead atoms. The molecule has 45 heavy (non-hydrogen) atoms. The number of benzene rings is 3. The van der Waals surface area contributed by atoms with Crippen molar-refractivity contribution in [3.05, 3.63) is 90.0 Å². The predicted molar refractivity (Wildman–Crippen MR) is 167 cm³/mol. The van der Waals surface area contributed by atoms with Crippen LogP contribution >= 0.6 is 11.8 Å². The second-order valence-corrected chi connectivity index (χ2v) is 11.8. The van der Waals surface area contributed by atoms with Crippen LogP contribution in [0, 0.1) is 5.82 Å². The lowest BCUT2D eigenvalue weighted by molar-refractivity contribution is -0.274. The van der Waals surface area contributed by atoms with Crippen LogP contribution in [0.5, 0.6) is 5.75 Å². The standard InChI is InChI=1S/C32H32F4N6O2S/c1-4-27(38-30(43)39-31-41(16-5-17-45-31)28-15-10-23(33)18-26(28)20(2)3)21-6-8-22(9-7-21)29-37-19-42(40-29)24-11-13-25(14-12-24)44-32(34,35)36/h6-15,18-20,27H,4-5,16-17H2,1-3H3,(H,38,43). The van der Waals surface area contributed by atoms with Gasteiger partial charge in [0.05, 0.1) is 11.7 Å². The maximum absolute atomic E-state index is 14.0. The van der Waals surface area contributed by atoms with Crippen molar-refractivity contribution in [1.82, 2.24) is 20.1 Å². The van der Waals surface area contributed by atoms with Gasteiger partial charge in [-0.25, -0.2) is 18.9 Å². The quantitative estimate of drug-likeness (QED) is 0.195. The maximum atomic E-state index is 14.0. The van der Waals surface area contributed by atoms with E-state index in [1.54, 1.807) is 12.1 Å². The Morgan fingerprint density at radius 3 is 2.49 bits per heavy atom. The van der Waals surface area contributed by atoms with Crippen molar-refractivity contribution in [3.63, 3.8) is 0 Å². The first kappa shape index (κ1) is 32.0. The number of aromatic nitrogens is 3. The molecular weight excluding hydrogens is 608 g/mol. The first-order valence-corrected chi connectivity index (χ1v) is 15.5. The number of carbonyl (C=O) groups excluding carboxylic acids is 1. The molecule has 13 heteroatoms. The molecule has 0 radical (unpaired) electrons. The van der Waals surface area contributed by atoms with Crippen LogP contribution in [-0.4, -0.2) is 44.6 Å². The molecule has 2 heterocycles. The maximum Gasteiger partial charge on any atom is 0.573 e. The number of halogens is 4. The number of urea groups is 1. The zero-order chi connectivity index (χ0) is 32.1. The van der Waals surface area contributed by atoms with E-state index in [1.807, 2.05) is 49.9 Å². The van der Waals surface area contributed by atoms with Gasteiger partial charge in [0.15, 0.2) is 11.0 Å². The van der Waals surface area contributed by atoms with Crippen LogP contribution in [0.2, 0.25) is 0 Å². The molecule has 236 valence electrons. The lowest BCUT2D eigenvalue weighted by atomic mass is 10.00. The molecule has 0 aliphatic carbocycles. The summed E-state index contributed by atoms with van der Waals surface area (Å²) in [5.74, 6) is 0.742. The van der Waals surface area contributed by atoms with Gasteiger partial charge in [0.1, 0.15) is 17.9 Å². The lowest BCUT2D eigenvalue weighted by Gasteiger charge is -2.32. The highest BCUT2D eigenvalue weighted by molar-refractivity contribution is 8.14. The summed E-state index contributed by atoms with van der Waals surface area (Å²) in [6, 6.07) is 16.8. The van der Waals surface area contributed by atoms with Crippen molar-refractivity contribution in [3.8, 4) is 22.8 Å². The Labute approximate surface area is 262 Å². The Balaban J connectivity index is 1.27. The molecule has 0 saturated carbocycles. The number of nitrogens with zero attached hydrogens (tertiary/aromatic N) is 5. The zero-order valence-corrected chi connectivity index (χ0v) is 25.7. The third-order valence-electron chi connectivity index (χ3n) is 7.19. The summed E-state index contributed by atoms with van der Waals surface area (Å²) in [6.45, 7) is 6.67. The van der Waals surface area contributed by atoms with Crippen molar-refractivity contribution in [2.24, 2.45) is 4.99 Å². The van der Waals surface area contributed by atoms with Gasteiger partial charge in [-0.05, 0) is 72.4 Å². The van der Waals surface area contributed by atoms with E-state index in [0.717, 1.165) is 34.6 Å². The number of rotatable bonds is 8. The fourth-order valence-electron chi connectivity index (χ4n) is 4.98.